The summed E-state index contributed by atoms with van der Waals surface area (Å²) in [6.07, 6.45) is -4.73. The van der Waals surface area contributed by atoms with Crippen molar-refractivity contribution < 1.29 is 17.9 Å². The van der Waals surface area contributed by atoms with Gasteiger partial charge in [0, 0.05) is 10.9 Å². The average molecular weight is 337 g/mol. The van der Waals surface area contributed by atoms with Gasteiger partial charge in [0.25, 0.3) is 0 Å². The number of nitrogens with zero attached hydrogens (tertiary/aromatic N) is 4. The lowest BCUT2D eigenvalue weighted by molar-refractivity contribution is -0.274. The highest BCUT2D eigenvalue weighted by molar-refractivity contribution is 7.13. The quantitative estimate of drug-likeness (QED) is 0.792. The first kappa shape index (κ1) is 15.0. The number of nitriles is 1. The number of hydrogen-bond acceptors (Lipinski definition) is 6. The summed E-state index contributed by atoms with van der Waals surface area (Å²) < 4.78 is 40.2. The van der Waals surface area contributed by atoms with Crippen molar-refractivity contribution in [3.63, 3.8) is 0 Å². The van der Waals surface area contributed by atoms with Gasteiger partial charge in [-0.05, 0) is 24.3 Å². The zero-order chi connectivity index (χ0) is 16.4. The second kappa shape index (κ2) is 5.69. The maximum Gasteiger partial charge on any atom is 0.573 e. The number of benzene rings is 1. The van der Waals surface area contributed by atoms with Crippen molar-refractivity contribution in [1.29, 1.82) is 5.26 Å². The topological polar surface area (TPSA) is 87.5 Å². The van der Waals surface area contributed by atoms with E-state index in [9.17, 15) is 13.2 Å². The van der Waals surface area contributed by atoms with Crippen LogP contribution in [0.2, 0.25) is 0 Å². The van der Waals surface area contributed by atoms with E-state index in [2.05, 4.69) is 25.1 Å². The Morgan fingerprint density at radius 2 is 1.91 bits per heavy atom. The lowest BCUT2D eigenvalue weighted by Crippen LogP contribution is -2.16. The van der Waals surface area contributed by atoms with Crippen LogP contribution in [0.25, 0.3) is 22.0 Å². The molecule has 3 rings (SSSR count). The fraction of sp³-hybridized carbons (Fsp3) is 0.0769. The van der Waals surface area contributed by atoms with Gasteiger partial charge >= 0.3 is 6.36 Å². The summed E-state index contributed by atoms with van der Waals surface area (Å²) in [4.78, 5) is 4.32. The Kier molecular flexibility index (Phi) is 3.71. The van der Waals surface area contributed by atoms with Crippen LogP contribution in [0.5, 0.6) is 5.75 Å². The van der Waals surface area contributed by atoms with Crippen molar-refractivity contribution >= 4 is 11.3 Å². The number of thiazole rings is 1. The Morgan fingerprint density at radius 3 is 2.57 bits per heavy atom. The maximum absolute atomic E-state index is 12.1. The van der Waals surface area contributed by atoms with Crippen molar-refractivity contribution in [2.45, 2.75) is 6.36 Å². The molecule has 10 heteroatoms. The summed E-state index contributed by atoms with van der Waals surface area (Å²) in [6.45, 7) is 0. The van der Waals surface area contributed by atoms with E-state index in [4.69, 9.17) is 5.26 Å². The summed E-state index contributed by atoms with van der Waals surface area (Å²) in [7, 11) is 0. The highest BCUT2D eigenvalue weighted by Gasteiger charge is 2.31. The number of aromatic amines is 1. The van der Waals surface area contributed by atoms with Crippen LogP contribution in [0, 0.1) is 11.3 Å². The van der Waals surface area contributed by atoms with Gasteiger partial charge in [0.15, 0.2) is 5.69 Å². The van der Waals surface area contributed by atoms with Crippen LogP contribution in [0.3, 0.4) is 0 Å². The number of nitrogens with one attached hydrogen (secondary N) is 1. The van der Waals surface area contributed by atoms with Gasteiger partial charge in [0.05, 0.1) is 0 Å². The van der Waals surface area contributed by atoms with Crippen LogP contribution in [0.15, 0.2) is 29.6 Å². The van der Waals surface area contributed by atoms with E-state index in [-0.39, 0.29) is 11.4 Å². The Hall–Kier alpha value is -2.93. The van der Waals surface area contributed by atoms with E-state index in [1.807, 2.05) is 6.07 Å². The minimum absolute atomic E-state index is 0.121. The number of halogens is 3. The van der Waals surface area contributed by atoms with Gasteiger partial charge in [-0.1, -0.05) is 0 Å². The van der Waals surface area contributed by atoms with E-state index < -0.39 is 6.36 Å². The number of alkyl halides is 3. The summed E-state index contributed by atoms with van der Waals surface area (Å²) in [6, 6.07) is 7.25. The molecule has 2 heterocycles. The standard InChI is InChI=1S/C13H6F3N5OS/c14-13(15,16)22-8-3-1-7(2-4-8)12-18-10(6-23-12)11-9(5-17)19-21-20-11/h1-4,6H,(H,19,20,21). The fourth-order valence-electron chi connectivity index (χ4n) is 1.80. The monoisotopic (exact) mass is 337 g/mol. The van der Waals surface area contributed by atoms with Gasteiger partial charge < -0.3 is 4.74 Å². The van der Waals surface area contributed by atoms with Crippen LogP contribution < -0.4 is 4.74 Å². The lowest BCUT2D eigenvalue weighted by Gasteiger charge is -2.08. The molecule has 0 amide bonds. The molecular formula is C13H6F3N5OS. The van der Waals surface area contributed by atoms with E-state index in [0.717, 1.165) is 0 Å². The smallest absolute Gasteiger partial charge is 0.406 e. The third-order valence-corrected chi connectivity index (χ3v) is 3.63. The molecule has 0 bridgehead atoms. The second-order valence-corrected chi connectivity index (χ2v) is 5.10. The zero-order valence-electron chi connectivity index (χ0n) is 11.1. The molecule has 1 N–H and O–H groups in total. The minimum Gasteiger partial charge on any atom is -0.406 e. The lowest BCUT2D eigenvalue weighted by atomic mass is 10.2. The molecule has 116 valence electrons. The molecule has 3 aromatic rings. The number of hydrogen-bond donors (Lipinski definition) is 1. The Balaban J connectivity index is 1.85. The molecule has 0 saturated heterocycles. The molecule has 0 spiro atoms. The van der Waals surface area contributed by atoms with Gasteiger partial charge in [-0.15, -0.1) is 29.6 Å². The van der Waals surface area contributed by atoms with Crippen LogP contribution in [-0.4, -0.2) is 26.8 Å². The molecule has 0 saturated carbocycles. The zero-order valence-corrected chi connectivity index (χ0v) is 11.9. The van der Waals surface area contributed by atoms with Crippen molar-refractivity contribution in [2.24, 2.45) is 0 Å². The molecule has 0 aliphatic carbocycles. The fourth-order valence-corrected chi connectivity index (χ4v) is 2.61. The van der Waals surface area contributed by atoms with Crippen LogP contribution >= 0.6 is 11.3 Å². The second-order valence-electron chi connectivity index (χ2n) is 4.24. The van der Waals surface area contributed by atoms with Crippen LogP contribution in [-0.2, 0) is 0 Å². The predicted octanol–water partition coefficient (Wildman–Crippen LogP) is 3.37. The minimum atomic E-state index is -4.73. The normalized spacial score (nSPS) is 11.2. The van der Waals surface area contributed by atoms with Gasteiger partial charge in [-0.3, -0.25) is 0 Å². The largest absolute Gasteiger partial charge is 0.573 e. The van der Waals surface area contributed by atoms with Gasteiger partial charge in [0.1, 0.15) is 28.2 Å². The molecule has 6 nitrogen and oxygen atoms in total. The SMILES string of the molecule is N#Cc1n[nH]nc1-c1csc(-c2ccc(OC(F)(F)F)cc2)n1. The van der Waals surface area contributed by atoms with Gasteiger partial charge in [0.2, 0.25) is 0 Å². The third-order valence-electron chi connectivity index (χ3n) is 2.74. The highest BCUT2D eigenvalue weighted by atomic mass is 32.1. The first-order valence-corrected chi connectivity index (χ1v) is 6.97. The maximum atomic E-state index is 12.1. The van der Waals surface area contributed by atoms with Crippen molar-refractivity contribution in [1.82, 2.24) is 20.4 Å². The number of rotatable bonds is 3. The van der Waals surface area contributed by atoms with Gasteiger partial charge in [-0.25, -0.2) is 4.98 Å². The number of ether oxygens (including phenoxy) is 1. The Labute approximate surface area is 131 Å². The molecule has 1 aromatic carbocycles. The van der Waals surface area contributed by atoms with Gasteiger partial charge in [-0.2, -0.15) is 15.6 Å². The number of H-pyrrole nitrogens is 1. The predicted molar refractivity (Wildman–Crippen MR) is 74.3 cm³/mol. The molecule has 0 aliphatic heterocycles. The Morgan fingerprint density at radius 1 is 1.17 bits per heavy atom. The molecule has 0 fully saturated rings. The molecule has 0 atom stereocenters. The van der Waals surface area contributed by atoms with E-state index in [0.29, 0.717) is 22.0 Å². The van der Waals surface area contributed by atoms with Crippen molar-refractivity contribution in [3.8, 4) is 33.8 Å². The van der Waals surface area contributed by atoms with Crippen molar-refractivity contribution in [3.05, 3.63) is 35.3 Å². The molecule has 0 radical (unpaired) electrons. The molecule has 0 unspecified atom stereocenters. The summed E-state index contributed by atoms with van der Waals surface area (Å²) in [5.74, 6) is -0.304. The molecule has 2 aromatic heterocycles. The highest BCUT2D eigenvalue weighted by Crippen LogP contribution is 2.31. The van der Waals surface area contributed by atoms with E-state index in [1.165, 1.54) is 35.6 Å². The summed E-state index contributed by atoms with van der Waals surface area (Å²) in [5.41, 5.74) is 1.53. The molecular weight excluding hydrogens is 331 g/mol. The van der Waals surface area contributed by atoms with Crippen molar-refractivity contribution in [2.75, 3.05) is 0 Å². The van der Waals surface area contributed by atoms with E-state index >= 15 is 0 Å². The molecule has 0 aliphatic rings. The number of aromatic nitrogens is 4. The Bertz CT molecular complexity index is 863. The summed E-state index contributed by atoms with van der Waals surface area (Å²) in [5, 5.41) is 21.1. The van der Waals surface area contributed by atoms with Crippen LogP contribution in [0.4, 0.5) is 13.2 Å². The molecule has 23 heavy (non-hydrogen) atoms. The average Bonchev–Trinajstić information content (AvgIpc) is 3.15. The third kappa shape index (κ3) is 3.29. The van der Waals surface area contributed by atoms with E-state index in [1.54, 1.807) is 5.38 Å². The first-order chi connectivity index (χ1) is 11.0. The summed E-state index contributed by atoms with van der Waals surface area (Å²) >= 11 is 1.27. The first-order valence-electron chi connectivity index (χ1n) is 6.09. The van der Waals surface area contributed by atoms with Crippen LogP contribution in [0.1, 0.15) is 5.69 Å².